The van der Waals surface area contributed by atoms with Crippen LogP contribution in [0.2, 0.25) is 0 Å². The molecular formula is C30H42N4O6. The normalized spacial score (nSPS) is 28.1. The summed E-state index contributed by atoms with van der Waals surface area (Å²) in [5, 5.41) is 8.72. The summed E-state index contributed by atoms with van der Waals surface area (Å²) in [7, 11) is 1.54. The molecule has 1 saturated heterocycles. The van der Waals surface area contributed by atoms with E-state index in [0.29, 0.717) is 43.7 Å². The van der Waals surface area contributed by atoms with Gasteiger partial charge < -0.3 is 30.3 Å². The van der Waals surface area contributed by atoms with Crippen LogP contribution in [0.1, 0.15) is 72.1 Å². The van der Waals surface area contributed by atoms with Gasteiger partial charge in [-0.3, -0.25) is 14.4 Å². The van der Waals surface area contributed by atoms with Crippen LogP contribution in [-0.2, 0) is 19.1 Å². The lowest BCUT2D eigenvalue weighted by Crippen LogP contribution is -2.57. The van der Waals surface area contributed by atoms with Crippen molar-refractivity contribution < 1.29 is 28.7 Å². The third kappa shape index (κ3) is 6.95. The van der Waals surface area contributed by atoms with Gasteiger partial charge in [0, 0.05) is 12.5 Å². The number of hydrogen-bond acceptors (Lipinski definition) is 6. The van der Waals surface area contributed by atoms with Gasteiger partial charge in [-0.1, -0.05) is 37.1 Å². The topological polar surface area (TPSA) is 126 Å². The van der Waals surface area contributed by atoms with Crippen LogP contribution in [0.5, 0.6) is 5.75 Å². The molecule has 4 rings (SSSR count). The first-order valence-corrected chi connectivity index (χ1v) is 14.3. The fourth-order valence-electron chi connectivity index (χ4n) is 5.53. The van der Waals surface area contributed by atoms with Crippen LogP contribution in [0, 0.1) is 5.92 Å². The number of amides is 4. The molecule has 0 unspecified atom stereocenters. The Kier molecular flexibility index (Phi) is 9.05. The molecule has 0 aromatic heterocycles. The van der Waals surface area contributed by atoms with Gasteiger partial charge in [0.05, 0.1) is 12.8 Å². The molecule has 3 aliphatic rings. The monoisotopic (exact) mass is 554 g/mol. The number of anilines is 1. The Morgan fingerprint density at radius 1 is 1.07 bits per heavy atom. The standard InChI is InChI=1S/C30H42N4O6/c1-29(2,3)40-28(38)32-22-15-9-7-5-6-8-13-20-19-30(20,27(37)31-21-14-10-11-17-24(21)39-4)33-25(35)23-16-12-18-34(23)26(22)36/h8,10-11,13-14,17,20,22-23H,5-7,9,12,15-16,18-19H2,1-4H3,(H,31,37)(H,32,38)(H,33,35)/b13-8-/t20-,22-,23-,30+/m0/s1. The third-order valence-electron chi connectivity index (χ3n) is 7.68. The number of benzene rings is 1. The Balaban J connectivity index is 1.55. The lowest BCUT2D eigenvalue weighted by molar-refractivity contribution is -0.141. The quantitative estimate of drug-likeness (QED) is 0.485. The summed E-state index contributed by atoms with van der Waals surface area (Å²) >= 11 is 0. The molecule has 1 saturated carbocycles. The van der Waals surface area contributed by atoms with Crippen LogP contribution >= 0.6 is 0 Å². The molecule has 2 aliphatic heterocycles. The Morgan fingerprint density at radius 2 is 1.85 bits per heavy atom. The van der Waals surface area contributed by atoms with Crippen molar-refractivity contribution >= 4 is 29.5 Å². The van der Waals surface area contributed by atoms with E-state index in [1.54, 1.807) is 43.9 Å². The lowest BCUT2D eigenvalue weighted by atomic mass is 10.0. The van der Waals surface area contributed by atoms with Crippen molar-refractivity contribution in [1.82, 2.24) is 15.5 Å². The van der Waals surface area contributed by atoms with Crippen molar-refractivity contribution in [2.24, 2.45) is 5.92 Å². The molecule has 0 radical (unpaired) electrons. The van der Waals surface area contributed by atoms with Gasteiger partial charge in [0.2, 0.25) is 11.8 Å². The van der Waals surface area contributed by atoms with Gasteiger partial charge in [-0.25, -0.2) is 4.79 Å². The third-order valence-corrected chi connectivity index (χ3v) is 7.68. The van der Waals surface area contributed by atoms with E-state index < -0.39 is 29.3 Å². The number of nitrogens with zero attached hydrogens (tertiary/aromatic N) is 1. The number of methoxy groups -OCH3 is 1. The zero-order valence-electron chi connectivity index (χ0n) is 24.0. The van der Waals surface area contributed by atoms with Crippen LogP contribution in [-0.4, -0.2) is 65.6 Å². The highest BCUT2D eigenvalue weighted by molar-refractivity contribution is 6.05. The van der Waals surface area contributed by atoms with Crippen LogP contribution in [0.25, 0.3) is 0 Å². The first kappa shape index (κ1) is 29.4. The molecular weight excluding hydrogens is 512 g/mol. The largest absolute Gasteiger partial charge is 0.495 e. The second-order valence-corrected chi connectivity index (χ2v) is 11.9. The zero-order chi connectivity index (χ0) is 28.9. The average Bonchev–Trinajstić information content (AvgIpc) is 3.36. The molecule has 2 heterocycles. The minimum absolute atomic E-state index is 0.150. The van der Waals surface area contributed by atoms with Crippen LogP contribution in [0.15, 0.2) is 36.4 Å². The first-order chi connectivity index (χ1) is 19.0. The molecule has 218 valence electrons. The number of fused-ring (bicyclic) bond motifs is 2. The number of carbonyl (C=O) groups excluding carboxylic acids is 4. The zero-order valence-corrected chi connectivity index (χ0v) is 24.0. The predicted octanol–water partition coefficient (Wildman–Crippen LogP) is 3.91. The summed E-state index contributed by atoms with van der Waals surface area (Å²) in [6.45, 7) is 5.71. The van der Waals surface area contributed by atoms with Gasteiger partial charge in [-0.2, -0.15) is 0 Å². The van der Waals surface area contributed by atoms with Crippen molar-refractivity contribution in [2.75, 3.05) is 19.0 Å². The smallest absolute Gasteiger partial charge is 0.408 e. The van der Waals surface area contributed by atoms with Crippen molar-refractivity contribution in [1.29, 1.82) is 0 Å². The van der Waals surface area contributed by atoms with Crippen LogP contribution in [0.4, 0.5) is 10.5 Å². The number of hydrogen-bond donors (Lipinski definition) is 3. The van der Waals surface area contributed by atoms with Gasteiger partial charge in [-0.15, -0.1) is 0 Å². The maximum atomic E-state index is 13.7. The number of ether oxygens (including phenoxy) is 2. The molecule has 4 atom stereocenters. The second kappa shape index (κ2) is 12.3. The fourth-order valence-corrected chi connectivity index (χ4v) is 5.53. The number of para-hydroxylation sites is 2. The molecule has 0 spiro atoms. The van der Waals surface area contributed by atoms with E-state index in [0.717, 1.165) is 25.7 Å². The molecule has 3 N–H and O–H groups in total. The maximum Gasteiger partial charge on any atom is 0.408 e. The number of alkyl carbamates (subject to hydrolysis) is 1. The van der Waals surface area contributed by atoms with E-state index >= 15 is 0 Å². The molecule has 1 aromatic rings. The number of rotatable bonds is 4. The highest BCUT2D eigenvalue weighted by Gasteiger charge is 2.60. The highest BCUT2D eigenvalue weighted by atomic mass is 16.6. The summed E-state index contributed by atoms with van der Waals surface area (Å²) in [5.74, 6) is -0.591. The van der Waals surface area contributed by atoms with E-state index in [-0.39, 0.29) is 23.6 Å². The Hall–Kier alpha value is -3.56. The van der Waals surface area contributed by atoms with E-state index in [4.69, 9.17) is 9.47 Å². The van der Waals surface area contributed by atoms with Gasteiger partial charge >= 0.3 is 6.09 Å². The van der Waals surface area contributed by atoms with Crippen LogP contribution < -0.4 is 20.7 Å². The van der Waals surface area contributed by atoms with Crippen molar-refractivity contribution in [3.8, 4) is 5.75 Å². The molecule has 2 fully saturated rings. The Labute approximate surface area is 236 Å². The first-order valence-electron chi connectivity index (χ1n) is 14.3. The number of nitrogens with one attached hydrogen (secondary N) is 3. The lowest BCUT2D eigenvalue weighted by Gasteiger charge is -2.30. The van der Waals surface area contributed by atoms with Gasteiger partial charge in [0.15, 0.2) is 0 Å². The Morgan fingerprint density at radius 3 is 2.60 bits per heavy atom. The predicted molar refractivity (Wildman–Crippen MR) is 151 cm³/mol. The minimum atomic E-state index is -1.11. The van der Waals surface area contributed by atoms with E-state index in [1.807, 2.05) is 12.1 Å². The summed E-state index contributed by atoms with van der Waals surface area (Å²) in [4.78, 5) is 55.1. The molecule has 10 nitrogen and oxygen atoms in total. The molecule has 1 aliphatic carbocycles. The van der Waals surface area contributed by atoms with E-state index in [2.05, 4.69) is 22.0 Å². The minimum Gasteiger partial charge on any atom is -0.495 e. The van der Waals surface area contributed by atoms with Crippen molar-refractivity contribution in [3.63, 3.8) is 0 Å². The summed E-state index contributed by atoms with van der Waals surface area (Å²) in [6, 6.07) is 5.62. The van der Waals surface area contributed by atoms with E-state index in [9.17, 15) is 19.2 Å². The maximum absolute atomic E-state index is 13.7. The van der Waals surface area contributed by atoms with Crippen molar-refractivity contribution in [2.45, 2.75) is 95.4 Å². The summed E-state index contributed by atoms with van der Waals surface area (Å²) in [5.41, 5.74) is -1.28. The molecule has 4 amide bonds. The Bertz CT molecular complexity index is 1150. The molecule has 0 bridgehead atoms. The number of allylic oxidation sites excluding steroid dienone is 1. The number of carbonyl (C=O) groups is 4. The molecule has 40 heavy (non-hydrogen) atoms. The average molecular weight is 555 g/mol. The molecule has 10 heteroatoms. The summed E-state index contributed by atoms with van der Waals surface area (Å²) in [6.07, 6.45) is 8.88. The van der Waals surface area contributed by atoms with Gasteiger partial charge in [0.1, 0.15) is 29.0 Å². The highest BCUT2D eigenvalue weighted by Crippen LogP contribution is 2.46. The fraction of sp³-hybridized carbons (Fsp3) is 0.600. The van der Waals surface area contributed by atoms with Gasteiger partial charge in [0.25, 0.3) is 5.91 Å². The van der Waals surface area contributed by atoms with Gasteiger partial charge in [-0.05, 0) is 71.4 Å². The second-order valence-electron chi connectivity index (χ2n) is 11.9. The molecule has 1 aromatic carbocycles. The van der Waals surface area contributed by atoms with E-state index in [1.165, 1.54) is 7.11 Å². The van der Waals surface area contributed by atoms with Crippen molar-refractivity contribution in [3.05, 3.63) is 36.4 Å². The SMILES string of the molecule is COc1ccccc1NC(=O)[C@@]12C[C@@H]1/C=C\CCCCC[C@H](NC(=O)OC(C)(C)C)C(=O)N1CCC[C@H]1C(=O)N2. The van der Waals surface area contributed by atoms with Crippen LogP contribution in [0.3, 0.4) is 0 Å². The summed E-state index contributed by atoms with van der Waals surface area (Å²) < 4.78 is 10.8.